The quantitative estimate of drug-likeness (QED) is 0.429. The van der Waals surface area contributed by atoms with E-state index in [9.17, 15) is 9.59 Å². The number of benzene rings is 2. The highest BCUT2D eigenvalue weighted by atomic mass is 35.5. The third-order valence-corrected chi connectivity index (χ3v) is 6.14. The van der Waals surface area contributed by atoms with Crippen LogP contribution in [0.15, 0.2) is 42.5 Å². The number of aromatic nitrogens is 2. The Morgan fingerprint density at radius 1 is 1.12 bits per heavy atom. The van der Waals surface area contributed by atoms with E-state index in [0.717, 1.165) is 31.6 Å². The molecule has 0 saturated carbocycles. The Morgan fingerprint density at radius 2 is 1.82 bits per heavy atom. The molecule has 0 atom stereocenters. The van der Waals surface area contributed by atoms with Gasteiger partial charge in [0, 0.05) is 24.3 Å². The summed E-state index contributed by atoms with van der Waals surface area (Å²) < 4.78 is 12.3. The number of ether oxygens (including phenoxy) is 2. The molecule has 2 heterocycles. The first-order valence-electron chi connectivity index (χ1n) is 11.6. The second-order valence-electron chi connectivity index (χ2n) is 9.42. The summed E-state index contributed by atoms with van der Waals surface area (Å²) >= 11 is 6.62. The minimum Gasteiger partial charge on any atom is -0.466 e. The first-order chi connectivity index (χ1) is 16.2. The molecule has 1 aliphatic rings. The Hall–Kier alpha value is -3.06. The molecular formula is C26H30ClN3O4. The van der Waals surface area contributed by atoms with Gasteiger partial charge in [0.1, 0.15) is 5.60 Å². The number of carbonyl (C=O) groups is 2. The lowest BCUT2D eigenvalue weighted by atomic mass is 9.96. The van der Waals surface area contributed by atoms with E-state index in [-0.39, 0.29) is 11.9 Å². The standard InChI is InChI=1S/C26H30ClN3O4/c1-5-33-24(31)17-12-14-29(15-13-17)18-10-11-20(27)19(16-18)23-28-21-8-6-7-9-22(21)30(23)25(32)34-26(2,3)4/h6-11,16-17H,5,12-15H2,1-4H3. The molecule has 1 fully saturated rings. The minimum atomic E-state index is -0.658. The van der Waals surface area contributed by atoms with Crippen LogP contribution in [0.5, 0.6) is 0 Å². The second-order valence-corrected chi connectivity index (χ2v) is 9.82. The predicted molar refractivity (Wildman–Crippen MR) is 133 cm³/mol. The van der Waals surface area contributed by atoms with Crippen LogP contribution in [0.2, 0.25) is 5.02 Å². The maximum atomic E-state index is 13.2. The van der Waals surface area contributed by atoms with Gasteiger partial charge in [-0.05, 0) is 70.9 Å². The first-order valence-corrected chi connectivity index (χ1v) is 12.0. The van der Waals surface area contributed by atoms with Gasteiger partial charge in [-0.3, -0.25) is 4.79 Å². The van der Waals surface area contributed by atoms with Gasteiger partial charge in [-0.25, -0.2) is 14.3 Å². The summed E-state index contributed by atoms with van der Waals surface area (Å²) in [4.78, 5) is 32.2. The molecule has 0 unspecified atom stereocenters. The van der Waals surface area contributed by atoms with Crippen molar-refractivity contribution in [1.29, 1.82) is 0 Å². The van der Waals surface area contributed by atoms with Crippen LogP contribution < -0.4 is 4.90 Å². The summed E-state index contributed by atoms with van der Waals surface area (Å²) in [6.07, 6.45) is 0.952. The number of fused-ring (bicyclic) bond motifs is 1. The van der Waals surface area contributed by atoms with E-state index < -0.39 is 11.7 Å². The molecule has 0 amide bonds. The van der Waals surface area contributed by atoms with Crippen molar-refractivity contribution in [2.75, 3.05) is 24.6 Å². The number of halogens is 1. The van der Waals surface area contributed by atoms with Crippen molar-refractivity contribution in [3.05, 3.63) is 47.5 Å². The van der Waals surface area contributed by atoms with Gasteiger partial charge in [0.25, 0.3) is 0 Å². The van der Waals surface area contributed by atoms with Crippen molar-refractivity contribution >= 4 is 40.4 Å². The lowest BCUT2D eigenvalue weighted by Crippen LogP contribution is -2.37. The Bertz CT molecular complexity index is 1210. The number of nitrogens with zero attached hydrogens (tertiary/aromatic N) is 3. The Labute approximate surface area is 204 Å². The number of para-hydroxylation sites is 2. The largest absolute Gasteiger partial charge is 0.466 e. The summed E-state index contributed by atoms with van der Waals surface area (Å²) in [5.74, 6) is 0.244. The maximum absolute atomic E-state index is 13.2. The van der Waals surface area contributed by atoms with Crippen molar-refractivity contribution in [2.45, 2.75) is 46.1 Å². The van der Waals surface area contributed by atoms with Crippen LogP contribution in [-0.4, -0.2) is 46.9 Å². The summed E-state index contributed by atoms with van der Waals surface area (Å²) in [6, 6.07) is 13.2. The van der Waals surface area contributed by atoms with Gasteiger partial charge in [-0.15, -0.1) is 0 Å². The molecule has 1 aliphatic heterocycles. The highest BCUT2D eigenvalue weighted by Crippen LogP contribution is 2.35. The summed E-state index contributed by atoms with van der Waals surface area (Å²) in [5.41, 5.74) is 2.29. The molecule has 8 heteroatoms. The number of imidazole rings is 1. The second kappa shape index (κ2) is 9.66. The topological polar surface area (TPSA) is 73.7 Å². The van der Waals surface area contributed by atoms with Crippen LogP contribution in [0, 0.1) is 5.92 Å². The third-order valence-electron chi connectivity index (χ3n) is 5.81. The zero-order valence-electron chi connectivity index (χ0n) is 20.0. The van der Waals surface area contributed by atoms with E-state index in [0.29, 0.717) is 34.1 Å². The van der Waals surface area contributed by atoms with Crippen molar-refractivity contribution < 1.29 is 19.1 Å². The van der Waals surface area contributed by atoms with E-state index in [2.05, 4.69) is 4.90 Å². The van der Waals surface area contributed by atoms with Gasteiger partial charge in [0.05, 0.1) is 28.6 Å². The molecule has 4 rings (SSSR count). The van der Waals surface area contributed by atoms with Crippen LogP contribution in [0.4, 0.5) is 10.5 Å². The van der Waals surface area contributed by atoms with Crippen molar-refractivity contribution in [2.24, 2.45) is 5.92 Å². The Morgan fingerprint density at radius 3 is 2.50 bits per heavy atom. The van der Waals surface area contributed by atoms with Gasteiger partial charge in [0.15, 0.2) is 5.82 Å². The number of anilines is 1. The fourth-order valence-electron chi connectivity index (χ4n) is 4.21. The van der Waals surface area contributed by atoms with E-state index in [1.165, 1.54) is 4.57 Å². The molecule has 1 saturated heterocycles. The first kappa shape index (κ1) is 24.1. The van der Waals surface area contributed by atoms with Crippen molar-refractivity contribution in [1.82, 2.24) is 9.55 Å². The van der Waals surface area contributed by atoms with Gasteiger partial charge in [-0.2, -0.15) is 0 Å². The number of rotatable bonds is 4. The third kappa shape index (κ3) is 5.04. The summed E-state index contributed by atoms with van der Waals surface area (Å²) in [7, 11) is 0. The molecular weight excluding hydrogens is 454 g/mol. The molecule has 0 spiro atoms. The number of piperidine rings is 1. The monoisotopic (exact) mass is 483 g/mol. The highest BCUT2D eigenvalue weighted by Gasteiger charge is 2.28. The van der Waals surface area contributed by atoms with Gasteiger partial charge < -0.3 is 14.4 Å². The molecule has 0 N–H and O–H groups in total. The average Bonchev–Trinajstić information content (AvgIpc) is 3.18. The molecule has 1 aromatic heterocycles. The lowest BCUT2D eigenvalue weighted by molar-refractivity contribution is -0.148. The smallest absolute Gasteiger partial charge is 0.420 e. The summed E-state index contributed by atoms with van der Waals surface area (Å²) in [5, 5.41) is 0.491. The zero-order valence-corrected chi connectivity index (χ0v) is 20.8. The van der Waals surface area contributed by atoms with E-state index >= 15 is 0 Å². The van der Waals surface area contributed by atoms with Gasteiger partial charge in [-0.1, -0.05) is 23.7 Å². The SMILES string of the molecule is CCOC(=O)C1CCN(c2ccc(Cl)c(-c3nc4ccccc4n3C(=O)OC(C)(C)C)c2)CC1. The fraction of sp³-hybridized carbons (Fsp3) is 0.423. The van der Waals surface area contributed by atoms with Crippen molar-refractivity contribution in [3.8, 4) is 11.4 Å². The minimum absolute atomic E-state index is 0.0701. The van der Waals surface area contributed by atoms with Crippen LogP contribution >= 0.6 is 11.6 Å². The molecule has 0 aliphatic carbocycles. The highest BCUT2D eigenvalue weighted by molar-refractivity contribution is 6.33. The number of carbonyl (C=O) groups excluding carboxylic acids is 2. The van der Waals surface area contributed by atoms with Gasteiger partial charge in [0.2, 0.25) is 0 Å². The Kier molecular flexibility index (Phi) is 6.84. The molecule has 0 radical (unpaired) electrons. The number of esters is 1. The van der Waals surface area contributed by atoms with E-state index in [1.54, 1.807) is 0 Å². The van der Waals surface area contributed by atoms with Crippen LogP contribution in [-0.2, 0) is 14.3 Å². The van der Waals surface area contributed by atoms with E-state index in [4.69, 9.17) is 26.1 Å². The van der Waals surface area contributed by atoms with E-state index in [1.807, 2.05) is 70.2 Å². The normalized spacial score (nSPS) is 14.9. The van der Waals surface area contributed by atoms with Gasteiger partial charge >= 0.3 is 12.1 Å². The zero-order chi connectivity index (χ0) is 24.5. The molecule has 7 nitrogen and oxygen atoms in total. The lowest BCUT2D eigenvalue weighted by Gasteiger charge is -2.33. The molecule has 3 aromatic rings. The average molecular weight is 484 g/mol. The van der Waals surface area contributed by atoms with Crippen LogP contribution in [0.1, 0.15) is 40.5 Å². The maximum Gasteiger partial charge on any atom is 0.420 e. The Balaban J connectivity index is 1.69. The number of hydrogen-bond acceptors (Lipinski definition) is 6. The molecule has 2 aromatic carbocycles. The summed E-state index contributed by atoms with van der Waals surface area (Å²) in [6.45, 7) is 9.18. The molecule has 0 bridgehead atoms. The van der Waals surface area contributed by atoms with Crippen LogP contribution in [0.25, 0.3) is 22.4 Å². The molecule has 34 heavy (non-hydrogen) atoms. The predicted octanol–water partition coefficient (Wildman–Crippen LogP) is 5.92. The van der Waals surface area contributed by atoms with Crippen molar-refractivity contribution in [3.63, 3.8) is 0 Å². The molecule has 180 valence electrons. The van der Waals surface area contributed by atoms with Crippen LogP contribution in [0.3, 0.4) is 0 Å². The fourth-order valence-corrected chi connectivity index (χ4v) is 4.42. The number of hydrogen-bond donors (Lipinski definition) is 0.